The Bertz CT molecular complexity index is 1080. The molecule has 3 rings (SSSR count). The summed E-state index contributed by atoms with van der Waals surface area (Å²) in [5.41, 5.74) is 2.70. The number of anilines is 1. The number of hydrogen-bond donors (Lipinski definition) is 2. The third kappa shape index (κ3) is 7.61. The second-order valence-electron chi connectivity index (χ2n) is 7.62. The highest BCUT2D eigenvalue weighted by molar-refractivity contribution is 6.03. The molecule has 0 aliphatic heterocycles. The van der Waals surface area contributed by atoms with Crippen LogP contribution >= 0.6 is 0 Å². The third-order valence-electron chi connectivity index (χ3n) is 5.07. The van der Waals surface area contributed by atoms with Crippen LogP contribution in [-0.4, -0.2) is 30.7 Å². The van der Waals surface area contributed by atoms with Gasteiger partial charge < -0.3 is 15.4 Å². The number of ether oxygens (including phenoxy) is 1. The van der Waals surface area contributed by atoms with Crippen LogP contribution in [0.3, 0.4) is 0 Å². The lowest BCUT2D eigenvalue weighted by molar-refractivity contribution is -0.116. The quantitative estimate of drug-likeness (QED) is 0.333. The number of ketones is 1. The zero-order valence-electron chi connectivity index (χ0n) is 18.7. The van der Waals surface area contributed by atoms with Crippen molar-refractivity contribution in [3.05, 3.63) is 95.6 Å². The average Bonchev–Trinajstić information content (AvgIpc) is 2.83. The molecule has 2 N–H and O–H groups in total. The summed E-state index contributed by atoms with van der Waals surface area (Å²) < 4.78 is 5.63. The smallest absolute Gasteiger partial charge is 0.253 e. The van der Waals surface area contributed by atoms with Crippen LogP contribution < -0.4 is 15.4 Å². The zero-order valence-corrected chi connectivity index (χ0v) is 18.7. The van der Waals surface area contributed by atoms with E-state index in [0.717, 1.165) is 12.0 Å². The minimum absolute atomic E-state index is 0.00313. The van der Waals surface area contributed by atoms with E-state index in [1.54, 1.807) is 48.5 Å². The molecule has 0 saturated heterocycles. The first-order chi connectivity index (χ1) is 16.0. The van der Waals surface area contributed by atoms with Gasteiger partial charge in [-0.25, -0.2) is 0 Å². The van der Waals surface area contributed by atoms with Gasteiger partial charge >= 0.3 is 0 Å². The van der Waals surface area contributed by atoms with E-state index in [1.807, 2.05) is 30.3 Å². The van der Waals surface area contributed by atoms with Crippen molar-refractivity contribution in [2.75, 3.05) is 18.5 Å². The van der Waals surface area contributed by atoms with Crippen molar-refractivity contribution >= 4 is 23.3 Å². The normalized spacial score (nSPS) is 10.3. The molecule has 0 heterocycles. The highest BCUT2D eigenvalue weighted by Crippen LogP contribution is 2.16. The summed E-state index contributed by atoms with van der Waals surface area (Å²) in [7, 11) is 0. The Balaban J connectivity index is 1.43. The van der Waals surface area contributed by atoms with Crippen LogP contribution in [0.15, 0.2) is 78.9 Å². The molecule has 0 atom stereocenters. The molecule has 33 heavy (non-hydrogen) atoms. The Morgan fingerprint density at radius 1 is 0.848 bits per heavy atom. The molecule has 3 aromatic carbocycles. The fourth-order valence-electron chi connectivity index (χ4n) is 3.27. The average molecular weight is 445 g/mol. The number of nitrogens with one attached hydrogen (secondary N) is 2. The number of carbonyl (C=O) groups excluding carboxylic acids is 3. The lowest BCUT2D eigenvalue weighted by atomic mass is 10.1. The standard InChI is InChI=1S/C27H28N2O4/c1-20(30)22-13-15-23(16-14-22)33-19-7-12-26(31)29-25-11-6-5-10-24(25)27(32)28-18-17-21-8-3-2-4-9-21/h2-6,8-11,13-16H,7,12,17-19H2,1H3,(H,28,32)(H,29,31). The maximum atomic E-state index is 12.6. The SMILES string of the molecule is CC(=O)c1ccc(OCCCC(=O)Nc2ccccc2C(=O)NCCc2ccccc2)cc1. The van der Waals surface area contributed by atoms with E-state index in [-0.39, 0.29) is 24.0 Å². The number of rotatable bonds is 11. The minimum Gasteiger partial charge on any atom is -0.494 e. The Morgan fingerprint density at radius 2 is 1.55 bits per heavy atom. The first-order valence-electron chi connectivity index (χ1n) is 11.0. The first kappa shape index (κ1) is 23.7. The molecule has 3 aromatic rings. The largest absolute Gasteiger partial charge is 0.494 e. The van der Waals surface area contributed by atoms with Crippen LogP contribution in [-0.2, 0) is 11.2 Å². The van der Waals surface area contributed by atoms with Gasteiger partial charge in [0.15, 0.2) is 5.78 Å². The second-order valence-corrected chi connectivity index (χ2v) is 7.62. The maximum absolute atomic E-state index is 12.6. The Kier molecular flexibility index (Phi) is 8.77. The molecule has 0 radical (unpaired) electrons. The molecule has 2 amide bonds. The van der Waals surface area contributed by atoms with Crippen LogP contribution in [0.5, 0.6) is 5.75 Å². The Labute approximate surface area is 194 Å². The van der Waals surface area contributed by atoms with E-state index >= 15 is 0 Å². The molecule has 0 bridgehead atoms. The van der Waals surface area contributed by atoms with Gasteiger partial charge in [-0.05, 0) is 61.7 Å². The van der Waals surface area contributed by atoms with E-state index in [2.05, 4.69) is 10.6 Å². The molecule has 0 aliphatic carbocycles. The third-order valence-corrected chi connectivity index (χ3v) is 5.07. The Morgan fingerprint density at radius 3 is 2.27 bits per heavy atom. The molecular weight excluding hydrogens is 416 g/mol. The van der Waals surface area contributed by atoms with Crippen LogP contribution in [0, 0.1) is 0 Å². The molecule has 6 heteroatoms. The summed E-state index contributed by atoms with van der Waals surface area (Å²) in [6.07, 6.45) is 1.51. The van der Waals surface area contributed by atoms with Gasteiger partial charge in [-0.15, -0.1) is 0 Å². The van der Waals surface area contributed by atoms with Crippen LogP contribution in [0.2, 0.25) is 0 Å². The molecule has 0 aromatic heterocycles. The van der Waals surface area contributed by atoms with E-state index in [0.29, 0.717) is 42.1 Å². The minimum atomic E-state index is -0.223. The number of para-hydroxylation sites is 1. The van der Waals surface area contributed by atoms with E-state index < -0.39 is 0 Å². The lowest BCUT2D eigenvalue weighted by Crippen LogP contribution is -2.27. The van der Waals surface area contributed by atoms with E-state index in [1.165, 1.54) is 6.92 Å². The monoisotopic (exact) mass is 444 g/mol. The summed E-state index contributed by atoms with van der Waals surface area (Å²) in [5, 5.41) is 5.74. The fourth-order valence-corrected chi connectivity index (χ4v) is 3.27. The van der Waals surface area contributed by atoms with Gasteiger partial charge in [-0.3, -0.25) is 14.4 Å². The van der Waals surface area contributed by atoms with Gasteiger partial charge in [-0.1, -0.05) is 42.5 Å². The van der Waals surface area contributed by atoms with Crippen molar-refractivity contribution in [2.24, 2.45) is 0 Å². The predicted molar refractivity (Wildman–Crippen MR) is 129 cm³/mol. The number of carbonyl (C=O) groups is 3. The van der Waals surface area contributed by atoms with Gasteiger partial charge in [0, 0.05) is 18.5 Å². The van der Waals surface area contributed by atoms with Gasteiger partial charge in [0.2, 0.25) is 5.91 Å². The number of hydrogen-bond acceptors (Lipinski definition) is 4. The number of benzene rings is 3. The Hall–Kier alpha value is -3.93. The summed E-state index contributed by atoms with van der Waals surface area (Å²) in [6.45, 7) is 2.39. The summed E-state index contributed by atoms with van der Waals surface area (Å²) in [4.78, 5) is 36.3. The van der Waals surface area contributed by atoms with Crippen molar-refractivity contribution in [1.29, 1.82) is 0 Å². The van der Waals surface area contributed by atoms with Crippen molar-refractivity contribution in [2.45, 2.75) is 26.2 Å². The lowest BCUT2D eigenvalue weighted by Gasteiger charge is -2.12. The predicted octanol–water partition coefficient (Wildman–Crippen LogP) is 4.66. The maximum Gasteiger partial charge on any atom is 0.253 e. The van der Waals surface area contributed by atoms with Gasteiger partial charge in [0.05, 0.1) is 17.9 Å². The molecule has 0 unspecified atom stereocenters. The molecule has 0 fully saturated rings. The highest BCUT2D eigenvalue weighted by atomic mass is 16.5. The van der Waals surface area contributed by atoms with Gasteiger partial charge in [0.1, 0.15) is 5.75 Å². The zero-order chi connectivity index (χ0) is 23.5. The second kappa shape index (κ2) is 12.2. The van der Waals surface area contributed by atoms with E-state index in [9.17, 15) is 14.4 Å². The van der Waals surface area contributed by atoms with Crippen LogP contribution in [0.1, 0.15) is 46.0 Å². The molecule has 0 saturated carbocycles. The fraction of sp³-hybridized carbons (Fsp3) is 0.222. The van der Waals surface area contributed by atoms with Gasteiger partial charge in [-0.2, -0.15) is 0 Å². The van der Waals surface area contributed by atoms with Crippen molar-refractivity contribution in [3.63, 3.8) is 0 Å². The molecule has 0 spiro atoms. The van der Waals surface area contributed by atoms with Crippen LogP contribution in [0.25, 0.3) is 0 Å². The summed E-state index contributed by atoms with van der Waals surface area (Å²) in [5.74, 6) is 0.246. The van der Waals surface area contributed by atoms with Crippen molar-refractivity contribution in [3.8, 4) is 5.75 Å². The van der Waals surface area contributed by atoms with Crippen LogP contribution in [0.4, 0.5) is 5.69 Å². The highest BCUT2D eigenvalue weighted by Gasteiger charge is 2.13. The topological polar surface area (TPSA) is 84.5 Å². The van der Waals surface area contributed by atoms with E-state index in [4.69, 9.17) is 4.74 Å². The van der Waals surface area contributed by atoms with Gasteiger partial charge in [0.25, 0.3) is 5.91 Å². The molecule has 0 aliphatic rings. The van der Waals surface area contributed by atoms with Crippen molar-refractivity contribution in [1.82, 2.24) is 5.32 Å². The first-order valence-corrected chi connectivity index (χ1v) is 11.0. The number of amides is 2. The molecule has 170 valence electrons. The summed E-state index contributed by atoms with van der Waals surface area (Å²) >= 11 is 0. The molecular formula is C27H28N2O4. The summed E-state index contributed by atoms with van der Waals surface area (Å²) in [6, 6.07) is 23.8. The number of Topliss-reactive ketones (excluding diaryl/α,β-unsaturated/α-hetero) is 1. The van der Waals surface area contributed by atoms with Crippen molar-refractivity contribution < 1.29 is 19.1 Å². The molecule has 6 nitrogen and oxygen atoms in total.